The summed E-state index contributed by atoms with van der Waals surface area (Å²) >= 11 is 5.60. The first kappa shape index (κ1) is 23.2. The van der Waals surface area contributed by atoms with Crippen molar-refractivity contribution in [1.82, 2.24) is 19.4 Å². The summed E-state index contributed by atoms with van der Waals surface area (Å²) in [5, 5.41) is 15.9. The normalized spacial score (nSPS) is 16.3. The van der Waals surface area contributed by atoms with Gasteiger partial charge in [0.1, 0.15) is 11.6 Å². The third-order valence-corrected chi connectivity index (χ3v) is 5.80. The van der Waals surface area contributed by atoms with Gasteiger partial charge < -0.3 is 29.7 Å². The number of carbonyl (C=O) groups excluding carboxylic acids is 1. The smallest absolute Gasteiger partial charge is 0.329 e. The van der Waals surface area contributed by atoms with E-state index in [0.717, 1.165) is 0 Å². The van der Waals surface area contributed by atoms with E-state index in [1.807, 2.05) is 37.8 Å². The molecular weight excluding hydrogens is 416 g/mol. The molecule has 10 heteroatoms. The van der Waals surface area contributed by atoms with Crippen LogP contribution in [0, 0.1) is 5.21 Å². The number of carbonyl (C=O) groups is 1. The third kappa shape index (κ3) is 4.76. The number of rotatable bonds is 2. The number of ether oxygens (including phenoxy) is 1. The topological polar surface area (TPSA) is 85.7 Å². The minimum Gasteiger partial charge on any atom is -0.633 e. The maximum Gasteiger partial charge on any atom is 0.329 e. The summed E-state index contributed by atoms with van der Waals surface area (Å²) in [5.74, 6) is 1.25. The van der Waals surface area contributed by atoms with E-state index < -0.39 is 0 Å². The second kappa shape index (κ2) is 8.25. The summed E-state index contributed by atoms with van der Waals surface area (Å²) in [7, 11) is 6.71. The molecule has 3 rings (SSSR count). The molecule has 0 atom stereocenters. The number of piperazine rings is 1. The molecule has 1 saturated heterocycles. The van der Waals surface area contributed by atoms with Gasteiger partial charge in [0, 0.05) is 25.6 Å². The van der Waals surface area contributed by atoms with Gasteiger partial charge >= 0.3 is 6.03 Å². The molecule has 0 bridgehead atoms. The Morgan fingerprint density at radius 3 is 2.42 bits per heavy atom. The van der Waals surface area contributed by atoms with Crippen molar-refractivity contribution in [2.24, 2.45) is 0 Å². The fourth-order valence-corrected chi connectivity index (χ4v) is 3.85. The lowest BCUT2D eigenvalue weighted by molar-refractivity contribution is -0.864. The molecule has 31 heavy (non-hydrogen) atoms. The van der Waals surface area contributed by atoms with Crippen molar-refractivity contribution in [2.45, 2.75) is 26.2 Å². The van der Waals surface area contributed by atoms with Crippen LogP contribution < -0.4 is 10.1 Å². The van der Waals surface area contributed by atoms with E-state index in [2.05, 4.69) is 5.32 Å². The van der Waals surface area contributed by atoms with Crippen molar-refractivity contribution in [1.29, 1.82) is 0 Å². The van der Waals surface area contributed by atoms with Gasteiger partial charge in [-0.3, -0.25) is 0 Å². The number of quaternary nitrogens is 1. The SMILES string of the molecule is COc1cc2nc(C(C)(C)C)n(C(=O)N(C)C)c2cc1NC(=S)N1CC[N+](C)([O-])CC1. The molecule has 2 aromatic rings. The van der Waals surface area contributed by atoms with Crippen molar-refractivity contribution >= 4 is 40.1 Å². The average Bonchev–Trinajstić information content (AvgIpc) is 3.05. The second-order valence-corrected chi connectivity index (χ2v) is 9.79. The van der Waals surface area contributed by atoms with Gasteiger partial charge in [0.15, 0.2) is 5.11 Å². The Hall–Kier alpha value is -2.43. The zero-order valence-corrected chi connectivity index (χ0v) is 20.2. The highest BCUT2D eigenvalue weighted by Crippen LogP contribution is 2.34. The molecule has 1 aliphatic heterocycles. The van der Waals surface area contributed by atoms with Crippen LogP contribution in [-0.2, 0) is 5.41 Å². The first-order chi connectivity index (χ1) is 14.3. The summed E-state index contributed by atoms with van der Waals surface area (Å²) in [6.45, 7) is 8.21. The van der Waals surface area contributed by atoms with E-state index in [1.54, 1.807) is 32.8 Å². The van der Waals surface area contributed by atoms with Gasteiger partial charge in [0.25, 0.3) is 0 Å². The molecule has 170 valence electrons. The van der Waals surface area contributed by atoms with Crippen LogP contribution in [-0.4, -0.2) is 89.6 Å². The predicted molar refractivity (Wildman–Crippen MR) is 127 cm³/mol. The Morgan fingerprint density at radius 2 is 1.90 bits per heavy atom. The van der Waals surface area contributed by atoms with Crippen LogP contribution >= 0.6 is 12.2 Å². The monoisotopic (exact) mass is 448 g/mol. The number of amides is 1. The number of hydrogen-bond acceptors (Lipinski definition) is 5. The van der Waals surface area contributed by atoms with Gasteiger partial charge in [-0.2, -0.15) is 0 Å². The maximum absolute atomic E-state index is 13.0. The first-order valence-corrected chi connectivity index (χ1v) is 10.7. The van der Waals surface area contributed by atoms with E-state index >= 15 is 0 Å². The van der Waals surface area contributed by atoms with Crippen molar-refractivity contribution in [3.63, 3.8) is 0 Å². The summed E-state index contributed by atoms with van der Waals surface area (Å²) in [6.07, 6.45) is 0. The third-order valence-electron chi connectivity index (χ3n) is 5.44. The maximum atomic E-state index is 13.0. The molecule has 9 nitrogen and oxygen atoms in total. The molecule has 0 aliphatic carbocycles. The number of methoxy groups -OCH3 is 1. The van der Waals surface area contributed by atoms with Crippen LogP contribution in [0.15, 0.2) is 12.1 Å². The van der Waals surface area contributed by atoms with Crippen LogP contribution in [0.4, 0.5) is 10.5 Å². The quantitative estimate of drug-likeness (QED) is 0.429. The Kier molecular flexibility index (Phi) is 6.18. The van der Waals surface area contributed by atoms with Crippen molar-refractivity contribution in [2.75, 3.05) is 59.7 Å². The Labute approximate surface area is 188 Å². The second-order valence-electron chi connectivity index (χ2n) is 9.40. The van der Waals surface area contributed by atoms with Gasteiger partial charge in [0.05, 0.1) is 57.1 Å². The summed E-state index contributed by atoms with van der Waals surface area (Å²) in [5.41, 5.74) is 1.67. The highest BCUT2D eigenvalue weighted by molar-refractivity contribution is 7.80. The number of hydroxylamine groups is 3. The molecule has 1 amide bonds. The number of imidazole rings is 1. The van der Waals surface area contributed by atoms with E-state index in [1.165, 1.54) is 4.90 Å². The van der Waals surface area contributed by atoms with Gasteiger partial charge in [0.2, 0.25) is 0 Å². The Morgan fingerprint density at radius 1 is 1.29 bits per heavy atom. The lowest BCUT2D eigenvalue weighted by Gasteiger charge is -2.45. The Bertz CT molecular complexity index is 999. The van der Waals surface area contributed by atoms with Crippen LogP contribution in [0.3, 0.4) is 0 Å². The highest BCUT2D eigenvalue weighted by Gasteiger charge is 2.29. The molecule has 1 aromatic heterocycles. The van der Waals surface area contributed by atoms with E-state index in [9.17, 15) is 10.0 Å². The number of thiocarbonyl (C=S) groups is 1. The minimum absolute atomic E-state index is 0.172. The van der Waals surface area contributed by atoms with E-state index in [-0.39, 0.29) is 16.1 Å². The Balaban J connectivity index is 2.03. The van der Waals surface area contributed by atoms with Crippen molar-refractivity contribution < 1.29 is 14.2 Å². The molecule has 1 fully saturated rings. The van der Waals surface area contributed by atoms with Crippen molar-refractivity contribution in [3.8, 4) is 5.75 Å². The van der Waals surface area contributed by atoms with Crippen LogP contribution in [0.5, 0.6) is 5.75 Å². The van der Waals surface area contributed by atoms with Gasteiger partial charge in [-0.15, -0.1) is 0 Å². The number of benzene rings is 1. The summed E-state index contributed by atoms with van der Waals surface area (Å²) in [6, 6.07) is 3.49. The van der Waals surface area contributed by atoms with Crippen LogP contribution in [0.1, 0.15) is 26.6 Å². The fraction of sp³-hybridized carbons (Fsp3) is 0.571. The lowest BCUT2D eigenvalue weighted by atomic mass is 9.96. The molecule has 0 radical (unpaired) electrons. The molecular formula is C21H32N6O3S. The molecule has 0 saturated carbocycles. The number of nitrogens with zero attached hydrogens (tertiary/aromatic N) is 5. The largest absolute Gasteiger partial charge is 0.633 e. The molecule has 1 N–H and O–H groups in total. The van der Waals surface area contributed by atoms with Crippen LogP contribution in [0.2, 0.25) is 0 Å². The molecule has 2 heterocycles. The highest BCUT2D eigenvalue weighted by atomic mass is 32.1. The first-order valence-electron chi connectivity index (χ1n) is 10.3. The number of fused-ring (bicyclic) bond motifs is 1. The summed E-state index contributed by atoms with van der Waals surface area (Å²) < 4.78 is 6.97. The number of hydrogen-bond donors (Lipinski definition) is 1. The van der Waals surface area contributed by atoms with Crippen molar-refractivity contribution in [3.05, 3.63) is 23.2 Å². The number of nitrogens with one attached hydrogen (secondary N) is 1. The fourth-order valence-electron chi connectivity index (χ4n) is 3.55. The van der Waals surface area contributed by atoms with Crippen LogP contribution in [0.25, 0.3) is 11.0 Å². The van der Waals surface area contributed by atoms with Gasteiger partial charge in [-0.25, -0.2) is 14.3 Å². The van der Waals surface area contributed by atoms with E-state index in [0.29, 0.717) is 59.6 Å². The van der Waals surface area contributed by atoms with Gasteiger partial charge in [-0.1, -0.05) is 20.8 Å². The number of anilines is 1. The molecule has 0 spiro atoms. The number of likely N-dealkylation sites (N-methyl/N-ethyl adjacent to an activating group) is 1. The predicted octanol–water partition coefficient (Wildman–Crippen LogP) is 2.83. The summed E-state index contributed by atoms with van der Waals surface area (Å²) in [4.78, 5) is 21.3. The molecule has 0 unspecified atom stereocenters. The van der Waals surface area contributed by atoms with E-state index in [4.69, 9.17) is 21.9 Å². The number of aromatic nitrogens is 2. The zero-order chi connectivity index (χ0) is 23.1. The average molecular weight is 449 g/mol. The lowest BCUT2D eigenvalue weighted by Crippen LogP contribution is -2.55. The minimum atomic E-state index is -0.335. The molecule has 1 aliphatic rings. The standard InChI is InChI=1S/C21H32N6O3S/c1-21(2,3)18-22-14-13-17(30-7)15(12-16(14)26(18)20(28)24(4)5)23-19(31)25-8-10-27(6,29)11-9-25/h12-13H,8-11H2,1-7H3,(H,23,31). The molecule has 1 aromatic carbocycles. The van der Waals surface area contributed by atoms with Gasteiger partial charge in [-0.05, 0) is 18.3 Å². The zero-order valence-electron chi connectivity index (χ0n) is 19.4.